The molecule has 0 unspecified atom stereocenters. The quantitative estimate of drug-likeness (QED) is 0.905. The maximum absolute atomic E-state index is 13.2. The molecule has 0 aromatic heterocycles. The second kappa shape index (κ2) is 6.19. The van der Waals surface area contributed by atoms with E-state index in [-0.39, 0.29) is 5.56 Å². The van der Waals surface area contributed by atoms with Crippen molar-refractivity contribution in [1.82, 2.24) is 0 Å². The molecule has 0 aliphatic carbocycles. The van der Waals surface area contributed by atoms with Gasteiger partial charge in [0, 0.05) is 18.8 Å². The number of anilines is 1. The van der Waals surface area contributed by atoms with Crippen LogP contribution in [-0.4, -0.2) is 17.6 Å². The lowest BCUT2D eigenvalue weighted by Crippen LogP contribution is -2.23. The van der Waals surface area contributed by atoms with Crippen molar-refractivity contribution >= 4 is 11.7 Å². The van der Waals surface area contributed by atoms with Gasteiger partial charge in [0.1, 0.15) is 5.82 Å². The molecule has 0 fully saturated rings. The number of halogens is 1. The van der Waals surface area contributed by atoms with Crippen molar-refractivity contribution in [3.63, 3.8) is 0 Å². The van der Waals surface area contributed by atoms with Crippen molar-refractivity contribution in [2.75, 3.05) is 11.4 Å². The lowest BCUT2D eigenvalue weighted by atomic mass is 10.1. The summed E-state index contributed by atoms with van der Waals surface area (Å²) >= 11 is 0. The average molecular weight is 273 g/mol. The predicted octanol–water partition coefficient (Wildman–Crippen LogP) is 3.55. The molecule has 4 heteroatoms. The first-order chi connectivity index (χ1) is 9.61. The fourth-order valence-electron chi connectivity index (χ4n) is 2.12. The zero-order chi connectivity index (χ0) is 14.5. The van der Waals surface area contributed by atoms with E-state index in [1.165, 1.54) is 12.1 Å². The molecule has 2 aromatic carbocycles. The van der Waals surface area contributed by atoms with Gasteiger partial charge in [-0.15, -0.1) is 0 Å². The Morgan fingerprint density at radius 1 is 1.20 bits per heavy atom. The number of nitrogens with zero attached hydrogens (tertiary/aromatic N) is 1. The Balaban J connectivity index is 2.31. The molecule has 0 aliphatic rings. The molecule has 20 heavy (non-hydrogen) atoms. The number of aromatic carboxylic acids is 1. The minimum Gasteiger partial charge on any atom is -0.478 e. The average Bonchev–Trinajstić information content (AvgIpc) is 2.46. The fraction of sp³-hybridized carbons (Fsp3) is 0.188. The summed E-state index contributed by atoms with van der Waals surface area (Å²) in [5.74, 6) is -1.64. The molecule has 0 radical (unpaired) electrons. The van der Waals surface area contributed by atoms with E-state index in [4.69, 9.17) is 5.11 Å². The molecule has 0 saturated heterocycles. The molecule has 2 rings (SSSR count). The SMILES string of the molecule is CCN(Cc1ccc(F)cc1C(=O)O)c1ccccc1. The topological polar surface area (TPSA) is 40.5 Å². The number of carbonyl (C=O) groups is 1. The van der Waals surface area contributed by atoms with Crippen LogP contribution >= 0.6 is 0 Å². The molecular formula is C16H16FNO2. The van der Waals surface area contributed by atoms with Gasteiger partial charge in [-0.1, -0.05) is 24.3 Å². The molecule has 0 amide bonds. The summed E-state index contributed by atoms with van der Waals surface area (Å²) in [4.78, 5) is 13.2. The summed E-state index contributed by atoms with van der Waals surface area (Å²) in [7, 11) is 0. The van der Waals surface area contributed by atoms with Gasteiger partial charge in [-0.2, -0.15) is 0 Å². The van der Waals surface area contributed by atoms with Gasteiger partial charge in [-0.25, -0.2) is 9.18 Å². The van der Waals surface area contributed by atoms with Crippen molar-refractivity contribution in [3.8, 4) is 0 Å². The standard InChI is InChI=1S/C16H16FNO2/c1-2-18(14-6-4-3-5-7-14)11-12-8-9-13(17)10-15(12)16(19)20/h3-10H,2,11H2,1H3,(H,19,20). The second-order valence-electron chi connectivity index (χ2n) is 4.46. The van der Waals surface area contributed by atoms with Gasteiger partial charge in [-0.3, -0.25) is 0 Å². The Kier molecular flexibility index (Phi) is 4.35. The van der Waals surface area contributed by atoms with E-state index >= 15 is 0 Å². The maximum atomic E-state index is 13.2. The van der Waals surface area contributed by atoms with E-state index in [2.05, 4.69) is 0 Å². The van der Waals surface area contributed by atoms with Gasteiger partial charge in [0.2, 0.25) is 0 Å². The first kappa shape index (κ1) is 14.1. The molecule has 1 N–H and O–H groups in total. The fourth-order valence-corrected chi connectivity index (χ4v) is 2.12. The first-order valence-electron chi connectivity index (χ1n) is 6.43. The zero-order valence-corrected chi connectivity index (χ0v) is 11.2. The Labute approximate surface area is 117 Å². The molecule has 3 nitrogen and oxygen atoms in total. The first-order valence-corrected chi connectivity index (χ1v) is 6.43. The number of rotatable bonds is 5. The van der Waals surface area contributed by atoms with Crippen LogP contribution in [0, 0.1) is 5.82 Å². The van der Waals surface area contributed by atoms with Crippen molar-refractivity contribution in [2.24, 2.45) is 0 Å². The summed E-state index contributed by atoms with van der Waals surface area (Å²) in [5, 5.41) is 9.16. The summed E-state index contributed by atoms with van der Waals surface area (Å²) in [6.07, 6.45) is 0. The van der Waals surface area contributed by atoms with E-state index in [9.17, 15) is 9.18 Å². The Hall–Kier alpha value is -2.36. The van der Waals surface area contributed by atoms with Crippen molar-refractivity contribution in [3.05, 3.63) is 65.5 Å². The summed E-state index contributed by atoms with van der Waals surface area (Å²) in [6, 6.07) is 13.6. The Bertz CT molecular complexity index is 599. The van der Waals surface area contributed by atoms with Crippen LogP contribution in [0.2, 0.25) is 0 Å². The van der Waals surface area contributed by atoms with E-state index in [1.807, 2.05) is 42.2 Å². The predicted molar refractivity (Wildman–Crippen MR) is 76.5 cm³/mol. The highest BCUT2D eigenvalue weighted by Gasteiger charge is 2.14. The van der Waals surface area contributed by atoms with Crippen molar-refractivity contribution in [2.45, 2.75) is 13.5 Å². The van der Waals surface area contributed by atoms with Crippen LogP contribution in [0.25, 0.3) is 0 Å². The van der Waals surface area contributed by atoms with Gasteiger partial charge in [-0.05, 0) is 36.8 Å². The van der Waals surface area contributed by atoms with Gasteiger partial charge in [0.25, 0.3) is 0 Å². The van der Waals surface area contributed by atoms with Crippen LogP contribution in [0.15, 0.2) is 48.5 Å². The van der Waals surface area contributed by atoms with Crippen LogP contribution in [0.3, 0.4) is 0 Å². The number of benzene rings is 2. The largest absolute Gasteiger partial charge is 0.478 e. The van der Waals surface area contributed by atoms with Crippen LogP contribution in [0.1, 0.15) is 22.8 Å². The third-order valence-corrected chi connectivity index (χ3v) is 3.17. The second-order valence-corrected chi connectivity index (χ2v) is 4.46. The van der Waals surface area contributed by atoms with Crippen LogP contribution in [-0.2, 0) is 6.54 Å². The number of carboxylic acid groups (broad SMARTS) is 1. The smallest absolute Gasteiger partial charge is 0.336 e. The molecule has 104 valence electrons. The lowest BCUT2D eigenvalue weighted by Gasteiger charge is -2.24. The Morgan fingerprint density at radius 3 is 2.50 bits per heavy atom. The number of hydrogen-bond donors (Lipinski definition) is 1. The minimum atomic E-state index is -1.11. The molecule has 0 heterocycles. The van der Waals surface area contributed by atoms with Gasteiger partial charge < -0.3 is 10.0 Å². The number of para-hydroxylation sites is 1. The molecule has 0 bridgehead atoms. The van der Waals surface area contributed by atoms with E-state index < -0.39 is 11.8 Å². The van der Waals surface area contributed by atoms with Crippen molar-refractivity contribution in [1.29, 1.82) is 0 Å². The van der Waals surface area contributed by atoms with Gasteiger partial charge >= 0.3 is 5.97 Å². The monoisotopic (exact) mass is 273 g/mol. The molecule has 0 aliphatic heterocycles. The van der Waals surface area contributed by atoms with Crippen LogP contribution < -0.4 is 4.90 Å². The third kappa shape index (κ3) is 3.15. The van der Waals surface area contributed by atoms with Crippen molar-refractivity contribution < 1.29 is 14.3 Å². The zero-order valence-electron chi connectivity index (χ0n) is 11.2. The van der Waals surface area contributed by atoms with Gasteiger partial charge in [0.05, 0.1) is 5.56 Å². The third-order valence-electron chi connectivity index (χ3n) is 3.17. The summed E-state index contributed by atoms with van der Waals surface area (Å²) in [5.41, 5.74) is 1.62. The van der Waals surface area contributed by atoms with Gasteiger partial charge in [0.15, 0.2) is 0 Å². The lowest BCUT2D eigenvalue weighted by molar-refractivity contribution is 0.0695. The van der Waals surface area contributed by atoms with E-state index in [1.54, 1.807) is 0 Å². The molecular weight excluding hydrogens is 257 g/mol. The molecule has 0 atom stereocenters. The minimum absolute atomic E-state index is 0.0133. The number of carboxylic acids is 1. The number of hydrogen-bond acceptors (Lipinski definition) is 2. The highest BCUT2D eigenvalue weighted by molar-refractivity contribution is 5.89. The van der Waals surface area contributed by atoms with E-state index in [0.717, 1.165) is 18.3 Å². The normalized spacial score (nSPS) is 10.3. The van der Waals surface area contributed by atoms with Crippen LogP contribution in [0.5, 0.6) is 0 Å². The van der Waals surface area contributed by atoms with Crippen LogP contribution in [0.4, 0.5) is 10.1 Å². The Morgan fingerprint density at radius 2 is 1.90 bits per heavy atom. The summed E-state index contributed by atoms with van der Waals surface area (Å²) in [6.45, 7) is 3.17. The molecule has 2 aromatic rings. The maximum Gasteiger partial charge on any atom is 0.336 e. The molecule has 0 spiro atoms. The summed E-state index contributed by atoms with van der Waals surface area (Å²) < 4.78 is 13.2. The highest BCUT2D eigenvalue weighted by Crippen LogP contribution is 2.19. The van der Waals surface area contributed by atoms with E-state index in [0.29, 0.717) is 12.1 Å². The molecule has 0 saturated carbocycles. The highest BCUT2D eigenvalue weighted by atomic mass is 19.1.